The van der Waals surface area contributed by atoms with Gasteiger partial charge in [0, 0.05) is 30.3 Å². The molecule has 16 nitrogen and oxygen atoms in total. The van der Waals surface area contributed by atoms with Crippen LogP contribution in [0.3, 0.4) is 0 Å². The molecule has 1 atom stereocenters. The first kappa shape index (κ1) is 49.2. The van der Waals surface area contributed by atoms with Gasteiger partial charge in [0.2, 0.25) is 11.7 Å². The highest BCUT2D eigenvalue weighted by Crippen LogP contribution is 2.39. The Morgan fingerprint density at radius 3 is 2.12 bits per heavy atom. The van der Waals surface area contributed by atoms with Gasteiger partial charge in [0.25, 0.3) is 0 Å². The number of nitrogens with zero attached hydrogens (tertiary/aromatic N) is 5. The number of aromatic nitrogens is 3. The first-order valence-corrected chi connectivity index (χ1v) is 20.3. The van der Waals surface area contributed by atoms with Crippen molar-refractivity contribution in [3.8, 4) is 5.88 Å². The van der Waals surface area contributed by atoms with Crippen LogP contribution in [0.25, 0.3) is 0 Å². The number of esters is 2. The van der Waals surface area contributed by atoms with E-state index in [2.05, 4.69) is 15.2 Å². The number of ether oxygens (including phenoxy) is 2. The number of hydrogen-bond donors (Lipinski definition) is 3. The van der Waals surface area contributed by atoms with E-state index in [1.165, 1.54) is 25.0 Å². The Bertz CT molecular complexity index is 2480. The van der Waals surface area contributed by atoms with Crippen LogP contribution < -0.4 is 10.7 Å². The number of alkyl halides is 3. The van der Waals surface area contributed by atoms with Gasteiger partial charge in [-0.3, -0.25) is 4.79 Å². The summed E-state index contributed by atoms with van der Waals surface area (Å²) in [5, 5.41) is 28.6. The quantitative estimate of drug-likeness (QED) is 0.0856. The number of nitrogen functional groups attached to an aromatic ring is 1. The summed E-state index contributed by atoms with van der Waals surface area (Å²) in [6.07, 6.45) is -3.99. The number of carbonyl (C=O) groups is 4. The number of ketones is 1. The number of nitrogens with two attached hydrogens (primary N) is 1. The number of sulfone groups is 1. The number of hydrogen-bond acceptors (Lipinski definition) is 14. The van der Waals surface area contributed by atoms with Crippen LogP contribution in [0, 0.1) is 6.92 Å². The highest BCUT2D eigenvalue weighted by molar-refractivity contribution is 7.90. The monoisotopic (exact) mass is 940 g/mol. The number of hydrazone groups is 1. The summed E-state index contributed by atoms with van der Waals surface area (Å²) >= 11 is 23.2. The van der Waals surface area contributed by atoms with Crippen molar-refractivity contribution in [3.63, 3.8) is 0 Å². The molecule has 0 fully saturated rings. The van der Waals surface area contributed by atoms with Crippen molar-refractivity contribution in [2.75, 3.05) is 30.2 Å². The summed E-state index contributed by atoms with van der Waals surface area (Å²) < 4.78 is 73.3. The van der Waals surface area contributed by atoms with E-state index in [9.17, 15) is 45.9 Å². The van der Waals surface area contributed by atoms with E-state index in [1.54, 1.807) is 39.0 Å². The summed E-state index contributed by atoms with van der Waals surface area (Å²) in [5.74, 6) is -3.75. The second-order valence-electron chi connectivity index (χ2n) is 12.6. The lowest BCUT2D eigenvalue weighted by Crippen LogP contribution is -2.48. The van der Waals surface area contributed by atoms with E-state index in [1.807, 2.05) is 0 Å². The Hall–Kier alpha value is -5.15. The maximum Gasteiger partial charge on any atom is 0.416 e. The number of benzene rings is 2. The molecule has 1 aliphatic heterocycles. The summed E-state index contributed by atoms with van der Waals surface area (Å²) in [6, 6.07) is 7.91. The van der Waals surface area contributed by atoms with Crippen LogP contribution in [0.2, 0.25) is 20.2 Å². The highest BCUT2D eigenvalue weighted by atomic mass is 35.5. The van der Waals surface area contributed by atoms with Crippen LogP contribution >= 0.6 is 46.4 Å². The number of carboxylic acids is 1. The fourth-order valence-corrected chi connectivity index (χ4v) is 7.08. The largest absolute Gasteiger partial charge is 0.493 e. The average Bonchev–Trinajstić information content (AvgIpc) is 3.63. The van der Waals surface area contributed by atoms with E-state index in [-0.39, 0.29) is 58.2 Å². The van der Waals surface area contributed by atoms with Crippen LogP contribution in [0.15, 0.2) is 52.5 Å². The minimum atomic E-state index is -4.76. The van der Waals surface area contributed by atoms with E-state index in [4.69, 9.17) is 66.7 Å². The zero-order chi connectivity index (χ0) is 45.7. The van der Waals surface area contributed by atoms with Crippen molar-refractivity contribution in [2.45, 2.75) is 50.7 Å². The predicted octanol–water partition coefficient (Wildman–Crippen LogP) is 7.20. The lowest BCUT2D eigenvalue weighted by molar-refractivity contribution is -0.148. The summed E-state index contributed by atoms with van der Waals surface area (Å²) in [6.45, 7) is 6.90. The smallest absolute Gasteiger partial charge is 0.416 e. The molecule has 0 saturated heterocycles. The van der Waals surface area contributed by atoms with Crippen molar-refractivity contribution in [1.82, 2.24) is 14.8 Å². The molecule has 2 aromatic heterocycles. The minimum absolute atomic E-state index is 0.00861. The molecule has 0 amide bonds. The van der Waals surface area contributed by atoms with Crippen LogP contribution in [-0.2, 0) is 42.1 Å². The first-order chi connectivity index (χ1) is 27.7. The molecule has 5 rings (SSSR count). The molecule has 1 aliphatic rings. The van der Waals surface area contributed by atoms with Gasteiger partial charge in [0.05, 0.1) is 50.8 Å². The Morgan fingerprint density at radius 1 is 1.00 bits per heavy atom. The molecule has 3 heterocycles. The van der Waals surface area contributed by atoms with Crippen molar-refractivity contribution in [2.24, 2.45) is 12.1 Å². The third-order valence-electron chi connectivity index (χ3n) is 8.09. The average molecular weight is 943 g/mol. The van der Waals surface area contributed by atoms with Gasteiger partial charge in [0.1, 0.15) is 16.4 Å². The molecule has 0 aliphatic carbocycles. The van der Waals surface area contributed by atoms with Gasteiger partial charge in [-0.2, -0.15) is 23.4 Å². The number of aromatic hydroxyl groups is 1. The van der Waals surface area contributed by atoms with Gasteiger partial charge in [-0.25, -0.2) is 37.5 Å². The maximum absolute atomic E-state index is 12.8. The standard InChI is InChI=1S/C16H18Cl2N2O4.C14H13F3N2O4S.C6H4Cl2N2O2/c1-4-23-14(21)12-9-16(3,15(22)24-5-2)20(19-12)13-7-6-10(17)8-11(13)18;1-7-11(13(21)19(2)18-7)12(20)9-5-4-8(14(15,16)17)6-10(9)24(3,22)23;7-3-1-2(9)4(8)5(10-3)6(11)12/h6-8H,4-5,9H2,1-3H3;4-6,21H,1-3H3;1H,(H2,9,10)(H,11,12). The summed E-state index contributed by atoms with van der Waals surface area (Å²) in [7, 11) is -2.75. The van der Waals surface area contributed by atoms with E-state index in [0.29, 0.717) is 34.1 Å². The molecule has 1 unspecified atom stereocenters. The molecule has 4 N–H and O–H groups in total. The summed E-state index contributed by atoms with van der Waals surface area (Å²) in [5.41, 5.74) is 2.72. The van der Waals surface area contributed by atoms with Crippen LogP contribution in [0.1, 0.15) is 64.9 Å². The van der Waals surface area contributed by atoms with Gasteiger partial charge < -0.3 is 25.4 Å². The fraction of sp³-hybridized carbons (Fsp3) is 0.306. The third kappa shape index (κ3) is 11.4. The van der Waals surface area contributed by atoms with Gasteiger partial charge >= 0.3 is 24.1 Å². The van der Waals surface area contributed by atoms with E-state index in [0.717, 1.165) is 10.7 Å². The zero-order valence-electron chi connectivity index (χ0n) is 32.2. The van der Waals surface area contributed by atoms with Crippen molar-refractivity contribution >= 4 is 97.0 Å². The molecule has 0 radical (unpaired) electrons. The number of carbonyl (C=O) groups excluding carboxylic acids is 3. The molecule has 324 valence electrons. The molecular formula is C36H35Cl4F3N6O10S. The Kier molecular flexibility index (Phi) is 16.0. The number of aromatic carboxylic acids is 1. The molecule has 2 aromatic carbocycles. The van der Waals surface area contributed by atoms with E-state index < -0.39 is 67.1 Å². The molecule has 0 spiro atoms. The SMILES string of the molecule is CCOC(=O)C1=NN(c2ccc(Cl)cc2Cl)C(C)(C(=O)OCC)C1.Cc1nn(C)c(O)c1C(=O)c1ccc(C(F)(F)F)cc1S(C)(=O)=O.Nc1cc(Cl)nc(C(=O)O)c1Cl. The topological polar surface area (TPSA) is 234 Å². The number of halogens is 7. The first-order valence-electron chi connectivity index (χ1n) is 16.9. The lowest BCUT2D eigenvalue weighted by Gasteiger charge is -2.32. The normalized spacial score (nSPS) is 14.9. The number of anilines is 2. The molecule has 60 heavy (non-hydrogen) atoms. The summed E-state index contributed by atoms with van der Waals surface area (Å²) in [4.78, 5) is 50.3. The molecule has 24 heteroatoms. The van der Waals surface area contributed by atoms with Crippen LogP contribution in [-0.4, -0.2) is 87.8 Å². The molecule has 0 saturated carbocycles. The molecule has 4 aromatic rings. The molecule has 0 bridgehead atoms. The van der Waals surface area contributed by atoms with Crippen molar-refractivity contribution in [1.29, 1.82) is 0 Å². The number of rotatable bonds is 9. The van der Waals surface area contributed by atoms with Crippen LogP contribution in [0.5, 0.6) is 5.88 Å². The Balaban J connectivity index is 0.000000254. The van der Waals surface area contributed by atoms with Gasteiger partial charge in [-0.05, 0) is 70.2 Å². The number of pyridine rings is 1. The fourth-order valence-electron chi connectivity index (χ4n) is 5.31. The van der Waals surface area contributed by atoms with Gasteiger partial charge in [-0.1, -0.05) is 46.4 Å². The second-order valence-corrected chi connectivity index (χ2v) is 16.2. The zero-order valence-corrected chi connectivity index (χ0v) is 36.0. The molecular weight excluding hydrogens is 907 g/mol. The van der Waals surface area contributed by atoms with Crippen molar-refractivity contribution in [3.05, 3.63) is 90.8 Å². The van der Waals surface area contributed by atoms with Gasteiger partial charge in [0.15, 0.2) is 21.1 Å². The van der Waals surface area contributed by atoms with Crippen LogP contribution in [0.4, 0.5) is 24.5 Å². The predicted molar refractivity (Wildman–Crippen MR) is 216 cm³/mol. The highest BCUT2D eigenvalue weighted by Gasteiger charge is 2.49. The number of aryl methyl sites for hydroxylation is 2. The number of carboxylic acid groups (broad SMARTS) is 1. The Morgan fingerprint density at radius 2 is 1.62 bits per heavy atom. The third-order valence-corrected chi connectivity index (χ3v) is 10.4. The lowest BCUT2D eigenvalue weighted by atomic mass is 9.95. The van der Waals surface area contributed by atoms with Crippen molar-refractivity contribution < 1.29 is 60.5 Å². The maximum atomic E-state index is 12.8. The second kappa shape index (κ2) is 19.5. The minimum Gasteiger partial charge on any atom is -0.493 e. The van der Waals surface area contributed by atoms with E-state index >= 15 is 0 Å². The Labute approximate surface area is 360 Å². The van der Waals surface area contributed by atoms with Gasteiger partial charge in [-0.15, -0.1) is 0 Å².